The lowest BCUT2D eigenvalue weighted by atomic mass is 10.0. The average Bonchev–Trinajstić information content (AvgIpc) is 2.73. The smallest absolute Gasteiger partial charge is 0.454 e. The monoisotopic (exact) mass is 269 g/mol. The van der Waals surface area contributed by atoms with Crippen molar-refractivity contribution in [1.82, 2.24) is 0 Å². The molecular weight excluding hydrogens is 261 g/mol. The van der Waals surface area contributed by atoms with Crippen molar-refractivity contribution >= 4 is 0 Å². The van der Waals surface area contributed by atoms with Crippen LogP contribution in [0.25, 0.3) is 0 Å². The Morgan fingerprint density at radius 2 is 1.67 bits per heavy atom. The Labute approximate surface area is 98.3 Å². The van der Waals surface area contributed by atoms with Crippen LogP contribution in [0.3, 0.4) is 0 Å². The van der Waals surface area contributed by atoms with Crippen LogP contribution in [0.5, 0.6) is 11.5 Å². The fourth-order valence-electron chi connectivity index (χ4n) is 1.49. The van der Waals surface area contributed by atoms with Crippen molar-refractivity contribution < 1.29 is 31.4 Å². The van der Waals surface area contributed by atoms with Gasteiger partial charge in [0.2, 0.25) is 6.79 Å². The van der Waals surface area contributed by atoms with Gasteiger partial charge in [-0.15, -0.1) is 0 Å². The minimum absolute atomic E-state index is 0.0981. The number of fused-ring (bicyclic) bond motifs is 1. The van der Waals surface area contributed by atoms with Crippen LogP contribution in [0.2, 0.25) is 0 Å². The first kappa shape index (κ1) is 12.9. The number of halogens is 5. The Balaban J connectivity index is 2.32. The molecule has 1 aliphatic rings. The molecule has 1 aromatic rings. The van der Waals surface area contributed by atoms with Gasteiger partial charge < -0.3 is 15.2 Å². The number of hydrogen-bond donors (Lipinski definition) is 1. The van der Waals surface area contributed by atoms with Crippen molar-refractivity contribution in [2.24, 2.45) is 5.73 Å². The fourth-order valence-corrected chi connectivity index (χ4v) is 1.49. The van der Waals surface area contributed by atoms with E-state index in [0.29, 0.717) is 0 Å². The second-order valence-corrected chi connectivity index (χ2v) is 3.71. The van der Waals surface area contributed by atoms with Crippen LogP contribution < -0.4 is 15.2 Å². The lowest BCUT2D eigenvalue weighted by molar-refractivity contribution is -0.291. The van der Waals surface area contributed by atoms with Gasteiger partial charge in [0.05, 0.1) is 0 Å². The molecule has 1 heterocycles. The Bertz CT molecular complexity index is 460. The maximum absolute atomic E-state index is 13.0. The molecule has 1 atom stereocenters. The summed E-state index contributed by atoms with van der Waals surface area (Å²) in [5, 5.41) is 0. The van der Waals surface area contributed by atoms with Gasteiger partial charge in [0.25, 0.3) is 0 Å². The van der Waals surface area contributed by atoms with Gasteiger partial charge in [0.15, 0.2) is 11.5 Å². The summed E-state index contributed by atoms with van der Waals surface area (Å²) in [4.78, 5) is 0. The molecule has 1 aromatic carbocycles. The molecule has 0 aromatic heterocycles. The van der Waals surface area contributed by atoms with Crippen LogP contribution >= 0.6 is 0 Å². The number of rotatable bonds is 2. The number of ether oxygens (including phenoxy) is 2. The summed E-state index contributed by atoms with van der Waals surface area (Å²) in [6.07, 6.45) is -5.71. The van der Waals surface area contributed by atoms with E-state index in [1.54, 1.807) is 0 Å². The highest BCUT2D eigenvalue weighted by Gasteiger charge is 2.61. The molecule has 3 nitrogen and oxygen atoms in total. The highest BCUT2D eigenvalue weighted by molar-refractivity contribution is 5.45. The van der Waals surface area contributed by atoms with E-state index >= 15 is 0 Å². The molecule has 0 unspecified atom stereocenters. The first-order chi connectivity index (χ1) is 8.23. The van der Waals surface area contributed by atoms with Gasteiger partial charge in [0, 0.05) is 0 Å². The van der Waals surface area contributed by atoms with Crippen LogP contribution in [-0.4, -0.2) is 18.9 Å². The highest BCUT2D eigenvalue weighted by atomic mass is 19.4. The number of nitrogens with two attached hydrogens (primary N) is 1. The Morgan fingerprint density at radius 3 is 2.28 bits per heavy atom. The van der Waals surface area contributed by atoms with Crippen LogP contribution in [0.4, 0.5) is 22.0 Å². The molecule has 0 saturated heterocycles. The molecule has 18 heavy (non-hydrogen) atoms. The van der Waals surface area contributed by atoms with E-state index in [9.17, 15) is 22.0 Å². The topological polar surface area (TPSA) is 44.5 Å². The van der Waals surface area contributed by atoms with Crippen LogP contribution in [0, 0.1) is 0 Å². The standard InChI is InChI=1S/C10H8F5NO2/c11-9(12,10(13,14)15)8(16)5-1-2-6-7(3-5)18-4-17-6/h1-3,8H,4,16H2/t8-/m0/s1. The second kappa shape index (κ2) is 3.98. The molecule has 0 amide bonds. The molecule has 0 radical (unpaired) electrons. The summed E-state index contributed by atoms with van der Waals surface area (Å²) in [5.41, 5.74) is 4.61. The Hall–Kier alpha value is -1.57. The van der Waals surface area contributed by atoms with E-state index in [4.69, 9.17) is 15.2 Å². The molecule has 0 spiro atoms. The third kappa shape index (κ3) is 1.96. The zero-order valence-electron chi connectivity index (χ0n) is 8.80. The molecule has 8 heteroatoms. The molecule has 0 aliphatic carbocycles. The maximum atomic E-state index is 13.0. The van der Waals surface area contributed by atoms with Crippen LogP contribution in [0.15, 0.2) is 18.2 Å². The number of benzene rings is 1. The van der Waals surface area contributed by atoms with Crippen molar-refractivity contribution in [3.8, 4) is 11.5 Å². The lowest BCUT2D eigenvalue weighted by Crippen LogP contribution is -2.45. The van der Waals surface area contributed by atoms with E-state index in [0.717, 1.165) is 12.1 Å². The van der Waals surface area contributed by atoms with Gasteiger partial charge in [-0.1, -0.05) is 6.07 Å². The summed E-state index contributed by atoms with van der Waals surface area (Å²) < 4.78 is 72.3. The van der Waals surface area contributed by atoms with E-state index in [2.05, 4.69) is 0 Å². The largest absolute Gasteiger partial charge is 0.455 e. The van der Waals surface area contributed by atoms with Crippen LogP contribution in [0.1, 0.15) is 11.6 Å². The normalized spacial score (nSPS) is 16.8. The third-order valence-corrected chi connectivity index (χ3v) is 2.52. The average molecular weight is 269 g/mol. The van der Waals surface area contributed by atoms with E-state index in [-0.39, 0.29) is 23.9 Å². The predicted octanol–water partition coefficient (Wildman–Crippen LogP) is 2.61. The van der Waals surface area contributed by atoms with Gasteiger partial charge in [0.1, 0.15) is 6.04 Å². The summed E-state index contributed by atoms with van der Waals surface area (Å²) >= 11 is 0. The molecule has 0 fully saturated rings. The SMILES string of the molecule is N[C@@H](c1ccc2c(c1)OCO2)C(F)(F)C(F)(F)F. The molecule has 100 valence electrons. The van der Waals surface area contributed by atoms with Crippen LogP contribution in [-0.2, 0) is 0 Å². The molecule has 2 rings (SSSR count). The van der Waals surface area contributed by atoms with E-state index in [1.807, 2.05) is 0 Å². The summed E-state index contributed by atoms with van der Waals surface area (Å²) in [6.45, 7) is -0.107. The van der Waals surface area contributed by atoms with Crippen molar-refractivity contribution in [3.05, 3.63) is 23.8 Å². The zero-order chi connectivity index (χ0) is 13.6. The first-order valence-electron chi connectivity index (χ1n) is 4.83. The summed E-state index contributed by atoms with van der Waals surface area (Å²) in [6, 6.07) is 0.820. The van der Waals surface area contributed by atoms with Gasteiger partial charge in [-0.2, -0.15) is 22.0 Å². The second-order valence-electron chi connectivity index (χ2n) is 3.71. The van der Waals surface area contributed by atoms with E-state index in [1.165, 1.54) is 6.07 Å². The molecule has 1 aliphatic heterocycles. The first-order valence-corrected chi connectivity index (χ1v) is 4.83. The van der Waals surface area contributed by atoms with Crippen molar-refractivity contribution in [3.63, 3.8) is 0 Å². The zero-order valence-corrected chi connectivity index (χ0v) is 8.80. The molecule has 0 saturated carbocycles. The molecule has 0 bridgehead atoms. The predicted molar refractivity (Wildman–Crippen MR) is 50.5 cm³/mol. The third-order valence-electron chi connectivity index (χ3n) is 2.52. The minimum atomic E-state index is -5.71. The minimum Gasteiger partial charge on any atom is -0.454 e. The quantitative estimate of drug-likeness (QED) is 0.839. The fraction of sp³-hybridized carbons (Fsp3) is 0.400. The van der Waals surface area contributed by atoms with Gasteiger partial charge in [-0.3, -0.25) is 0 Å². The van der Waals surface area contributed by atoms with Gasteiger partial charge >= 0.3 is 12.1 Å². The lowest BCUT2D eigenvalue weighted by Gasteiger charge is -2.25. The number of alkyl halides is 5. The maximum Gasteiger partial charge on any atom is 0.455 e. The number of hydrogen-bond acceptors (Lipinski definition) is 3. The Kier molecular flexibility index (Phi) is 2.84. The van der Waals surface area contributed by atoms with Gasteiger partial charge in [-0.05, 0) is 17.7 Å². The highest BCUT2D eigenvalue weighted by Crippen LogP contribution is 2.44. The van der Waals surface area contributed by atoms with Gasteiger partial charge in [-0.25, -0.2) is 0 Å². The summed E-state index contributed by atoms with van der Waals surface area (Å²) in [5.74, 6) is -4.64. The van der Waals surface area contributed by atoms with Crippen molar-refractivity contribution in [1.29, 1.82) is 0 Å². The molecular formula is C10H8F5NO2. The van der Waals surface area contributed by atoms with E-state index < -0.39 is 18.1 Å². The molecule has 2 N–H and O–H groups in total. The van der Waals surface area contributed by atoms with Crippen molar-refractivity contribution in [2.75, 3.05) is 6.79 Å². The van der Waals surface area contributed by atoms with Crippen molar-refractivity contribution in [2.45, 2.75) is 18.1 Å². The summed E-state index contributed by atoms with van der Waals surface area (Å²) in [7, 11) is 0. The Morgan fingerprint density at radius 1 is 1.06 bits per heavy atom.